The number of ketones is 4. The van der Waals surface area contributed by atoms with Crippen LogP contribution in [0.4, 0.5) is 0 Å². The van der Waals surface area contributed by atoms with Crippen LogP contribution in [0.5, 0.6) is 0 Å². The second-order valence-electron chi connectivity index (χ2n) is 8.81. The number of unbranched alkanes of at least 4 members (excludes halogenated alkanes) is 1. The summed E-state index contributed by atoms with van der Waals surface area (Å²) in [6, 6.07) is 10.1. The van der Waals surface area contributed by atoms with Gasteiger partial charge in [-0.05, 0) is 38.7 Å². The lowest BCUT2D eigenvalue weighted by atomic mass is 9.90. The number of carbonyl (C=O) groups is 4. The van der Waals surface area contributed by atoms with E-state index in [4.69, 9.17) is 0 Å². The minimum Gasteiger partial charge on any atom is -0.300 e. The predicted molar refractivity (Wildman–Crippen MR) is 197 cm³/mol. The van der Waals surface area contributed by atoms with E-state index < -0.39 is 0 Å². The van der Waals surface area contributed by atoms with E-state index in [-0.39, 0.29) is 35.0 Å². The molecular weight excluding hydrogens is 532 g/mol. The van der Waals surface area contributed by atoms with Gasteiger partial charge >= 0.3 is 0 Å². The molecule has 0 aliphatic rings. The highest BCUT2D eigenvalue weighted by atomic mass is 16.2. The van der Waals surface area contributed by atoms with Crippen LogP contribution in [0.25, 0.3) is 0 Å². The molecule has 2 atom stereocenters. The molecule has 0 saturated heterocycles. The standard InChI is InChI=1S/C13H18O.C7H12O2.C5H10O.2C3H8.4C2H6/c1-3-4-10-13(11(2)14)12-8-6-5-7-9-12;1-4-5(2)7(9)6(3)8;1-3-4-5(2)6;2*1-3-2;4*1-2/h5-9,13H,3-4,10H2,1-2H3;5H,4H2,1-3H3;3-4H2,1-2H3;2*3H2,1-2H3;4*1-2H3/t;5-;;;;;;;/m.1......./s1. The topological polar surface area (TPSA) is 68.3 Å². The maximum absolute atomic E-state index is 11.5. The first-order chi connectivity index (χ1) is 20.4. The highest BCUT2D eigenvalue weighted by Gasteiger charge is 2.15. The number of rotatable bonds is 10. The quantitative estimate of drug-likeness (QED) is 0.246. The van der Waals surface area contributed by atoms with Crippen LogP contribution in [0.2, 0.25) is 0 Å². The van der Waals surface area contributed by atoms with Crippen molar-refractivity contribution in [2.24, 2.45) is 5.92 Å². The molecule has 0 fully saturated rings. The summed E-state index contributed by atoms with van der Waals surface area (Å²) < 4.78 is 0. The summed E-state index contributed by atoms with van der Waals surface area (Å²) in [5, 5.41) is 0. The van der Waals surface area contributed by atoms with Crippen LogP contribution in [0.15, 0.2) is 30.3 Å². The molecule has 260 valence electrons. The van der Waals surface area contributed by atoms with Gasteiger partial charge in [-0.3, -0.25) is 14.4 Å². The Labute approximate surface area is 272 Å². The van der Waals surface area contributed by atoms with E-state index in [1.807, 2.05) is 99.6 Å². The van der Waals surface area contributed by atoms with Crippen molar-refractivity contribution in [3.05, 3.63) is 35.9 Å². The average molecular weight is 613 g/mol. The first-order valence-corrected chi connectivity index (χ1v) is 17.5. The van der Waals surface area contributed by atoms with Gasteiger partial charge in [0.15, 0.2) is 5.78 Å². The van der Waals surface area contributed by atoms with Gasteiger partial charge in [0.1, 0.15) is 11.6 Å². The maximum Gasteiger partial charge on any atom is 0.200 e. The van der Waals surface area contributed by atoms with Crippen molar-refractivity contribution in [2.45, 2.75) is 189 Å². The molecule has 4 nitrogen and oxygen atoms in total. The first-order valence-electron chi connectivity index (χ1n) is 17.5. The van der Waals surface area contributed by atoms with Gasteiger partial charge in [0.25, 0.3) is 0 Å². The van der Waals surface area contributed by atoms with Crippen LogP contribution in [0, 0.1) is 5.92 Å². The molecule has 0 N–H and O–H groups in total. The lowest BCUT2D eigenvalue weighted by molar-refractivity contribution is -0.137. The Morgan fingerprint density at radius 2 is 1.00 bits per heavy atom. The fourth-order valence-corrected chi connectivity index (χ4v) is 2.58. The van der Waals surface area contributed by atoms with Crippen LogP contribution < -0.4 is 0 Å². The van der Waals surface area contributed by atoms with Gasteiger partial charge in [0, 0.05) is 25.2 Å². The van der Waals surface area contributed by atoms with Gasteiger partial charge in [0.2, 0.25) is 5.78 Å². The fraction of sp³-hybridized carbons (Fsp3) is 0.744. The van der Waals surface area contributed by atoms with Crippen LogP contribution in [0.3, 0.4) is 0 Å². The molecule has 0 aliphatic carbocycles. The zero-order valence-electron chi connectivity index (χ0n) is 32.8. The van der Waals surface area contributed by atoms with Crippen molar-refractivity contribution in [1.29, 1.82) is 0 Å². The Bertz CT molecular complexity index is 634. The normalized spacial score (nSPS) is 9.28. The van der Waals surface area contributed by atoms with E-state index in [0.29, 0.717) is 0 Å². The minimum absolute atomic E-state index is 0.0949. The van der Waals surface area contributed by atoms with Crippen molar-refractivity contribution in [2.75, 3.05) is 0 Å². The molecule has 0 radical (unpaired) electrons. The lowest BCUT2D eigenvalue weighted by Gasteiger charge is -2.13. The molecule has 1 aromatic rings. The van der Waals surface area contributed by atoms with E-state index in [9.17, 15) is 19.2 Å². The Kier molecular flexibility index (Phi) is 83.0. The number of carbonyl (C=O) groups excluding carboxylic acids is 4. The van der Waals surface area contributed by atoms with Crippen molar-refractivity contribution < 1.29 is 19.2 Å². The zero-order valence-corrected chi connectivity index (χ0v) is 32.8. The molecular formula is C39H80O4. The molecule has 0 aliphatic heterocycles. The maximum atomic E-state index is 11.5. The third kappa shape index (κ3) is 60.0. The van der Waals surface area contributed by atoms with Crippen LogP contribution >= 0.6 is 0 Å². The molecule has 0 heterocycles. The van der Waals surface area contributed by atoms with Gasteiger partial charge in [-0.2, -0.15) is 0 Å². The smallest absolute Gasteiger partial charge is 0.200 e. The second kappa shape index (κ2) is 59.3. The van der Waals surface area contributed by atoms with E-state index in [1.54, 1.807) is 20.8 Å². The number of benzene rings is 1. The lowest BCUT2D eigenvalue weighted by Crippen LogP contribution is -2.17. The van der Waals surface area contributed by atoms with Gasteiger partial charge < -0.3 is 4.79 Å². The Morgan fingerprint density at radius 1 is 0.628 bits per heavy atom. The Hall–Kier alpha value is -2.10. The average Bonchev–Trinajstić information content (AvgIpc) is 3.02. The minimum atomic E-state index is -0.329. The summed E-state index contributed by atoms with van der Waals surface area (Å²) in [4.78, 5) is 42.6. The van der Waals surface area contributed by atoms with Crippen molar-refractivity contribution in [1.82, 2.24) is 0 Å². The van der Waals surface area contributed by atoms with Crippen molar-refractivity contribution >= 4 is 23.1 Å². The highest BCUT2D eigenvalue weighted by molar-refractivity contribution is 6.36. The molecule has 0 amide bonds. The van der Waals surface area contributed by atoms with Crippen molar-refractivity contribution in [3.8, 4) is 0 Å². The fourth-order valence-electron chi connectivity index (χ4n) is 2.58. The third-order valence-corrected chi connectivity index (χ3v) is 4.55. The molecule has 1 aromatic carbocycles. The van der Waals surface area contributed by atoms with Crippen LogP contribution in [-0.4, -0.2) is 23.1 Å². The molecule has 1 rings (SSSR count). The summed E-state index contributed by atoms with van der Waals surface area (Å²) in [6.07, 6.45) is 8.22. The second-order valence-corrected chi connectivity index (χ2v) is 8.81. The monoisotopic (exact) mass is 613 g/mol. The Morgan fingerprint density at radius 3 is 1.19 bits per heavy atom. The molecule has 1 unspecified atom stereocenters. The third-order valence-electron chi connectivity index (χ3n) is 4.55. The summed E-state index contributed by atoms with van der Waals surface area (Å²) in [6.45, 7) is 36.9. The molecule has 43 heavy (non-hydrogen) atoms. The number of hydrogen-bond donors (Lipinski definition) is 0. The van der Waals surface area contributed by atoms with Crippen molar-refractivity contribution in [3.63, 3.8) is 0 Å². The van der Waals surface area contributed by atoms with Crippen LogP contribution in [0.1, 0.15) is 194 Å². The number of Topliss-reactive ketones (excluding diaryl/α,β-unsaturated/α-hetero) is 4. The highest BCUT2D eigenvalue weighted by Crippen LogP contribution is 2.22. The van der Waals surface area contributed by atoms with E-state index in [0.717, 1.165) is 44.1 Å². The van der Waals surface area contributed by atoms with Gasteiger partial charge in [-0.25, -0.2) is 0 Å². The summed E-state index contributed by atoms with van der Waals surface area (Å²) in [5.41, 5.74) is 1.16. The summed E-state index contributed by atoms with van der Waals surface area (Å²) in [5.74, 6) is 0.00245. The van der Waals surface area contributed by atoms with Gasteiger partial charge in [0.05, 0.1) is 0 Å². The first kappa shape index (κ1) is 60.2. The van der Waals surface area contributed by atoms with Gasteiger partial charge in [-0.15, -0.1) is 0 Å². The molecule has 0 bridgehead atoms. The molecule has 0 aromatic heterocycles. The molecule has 0 saturated carbocycles. The molecule has 4 heteroatoms. The van der Waals surface area contributed by atoms with Crippen LogP contribution in [-0.2, 0) is 19.2 Å². The summed E-state index contributed by atoms with van der Waals surface area (Å²) in [7, 11) is 0. The summed E-state index contributed by atoms with van der Waals surface area (Å²) >= 11 is 0. The van der Waals surface area contributed by atoms with E-state index >= 15 is 0 Å². The van der Waals surface area contributed by atoms with E-state index in [1.165, 1.54) is 19.8 Å². The van der Waals surface area contributed by atoms with Gasteiger partial charge in [-0.1, -0.05) is 167 Å². The predicted octanol–water partition coefficient (Wildman–Crippen LogP) is 13.1. The van der Waals surface area contributed by atoms with E-state index in [2.05, 4.69) is 34.6 Å². The SMILES string of the molecule is CC.CC.CC.CC.CCC.CCC.CCCC(C)=O.CCCCC(C(C)=O)c1ccccc1.CC[C@@H](C)C(=O)C(C)=O. The largest absolute Gasteiger partial charge is 0.300 e. The zero-order chi connectivity index (χ0) is 36.2. The molecule has 0 spiro atoms. The Balaban J connectivity index is -0.0000000613. The number of hydrogen-bond acceptors (Lipinski definition) is 4.